The van der Waals surface area contributed by atoms with Crippen molar-refractivity contribution in [3.05, 3.63) is 58.5 Å². The highest BCUT2D eigenvalue weighted by Gasteiger charge is 2.27. The predicted octanol–water partition coefficient (Wildman–Crippen LogP) is 6.88. The second kappa shape index (κ2) is 7.52. The van der Waals surface area contributed by atoms with E-state index in [2.05, 4.69) is 75.3 Å². The van der Waals surface area contributed by atoms with E-state index >= 15 is 0 Å². The first-order chi connectivity index (χ1) is 14.4. The Balaban J connectivity index is 1.61. The number of fused-ring (bicyclic) bond motifs is 6. The van der Waals surface area contributed by atoms with E-state index in [1.807, 2.05) is 11.3 Å². The molecule has 3 nitrogen and oxygen atoms in total. The van der Waals surface area contributed by atoms with E-state index < -0.39 is 0 Å². The number of thiophene rings is 1. The van der Waals surface area contributed by atoms with Crippen LogP contribution >= 0.6 is 11.3 Å². The van der Waals surface area contributed by atoms with E-state index in [0.717, 1.165) is 23.5 Å². The number of rotatable bonds is 4. The van der Waals surface area contributed by atoms with E-state index in [1.165, 1.54) is 51.3 Å². The van der Waals surface area contributed by atoms with Gasteiger partial charge in [-0.25, -0.2) is 0 Å². The van der Waals surface area contributed by atoms with Crippen LogP contribution in [0.5, 0.6) is 11.5 Å². The van der Waals surface area contributed by atoms with Crippen molar-refractivity contribution in [1.82, 2.24) is 4.90 Å². The number of nitrogens with zero attached hydrogens (tertiary/aromatic N) is 1. The van der Waals surface area contributed by atoms with E-state index in [1.54, 1.807) is 0 Å². The molecule has 0 atom stereocenters. The lowest BCUT2D eigenvalue weighted by atomic mass is 9.89. The summed E-state index contributed by atoms with van der Waals surface area (Å²) < 4.78 is 12.7. The summed E-state index contributed by atoms with van der Waals surface area (Å²) in [5.74, 6) is 1.93. The minimum absolute atomic E-state index is 0.306. The molecule has 0 unspecified atom stereocenters. The SMILES string of the molecule is CN(C)C(C)(C)OCc1cc2c(s1)-c1cc3c(cc1Oc1ccccc1-2)CCCC3. The van der Waals surface area contributed by atoms with Gasteiger partial charge in [0.15, 0.2) is 0 Å². The van der Waals surface area contributed by atoms with Gasteiger partial charge >= 0.3 is 0 Å². The highest BCUT2D eigenvalue weighted by Crippen LogP contribution is 2.51. The lowest BCUT2D eigenvalue weighted by molar-refractivity contribution is -0.119. The summed E-state index contributed by atoms with van der Waals surface area (Å²) in [7, 11) is 4.10. The zero-order valence-corrected chi connectivity index (χ0v) is 19.1. The standard InChI is InChI=1S/C26H29NO2S/c1-26(2,27(3)4)28-16-19-15-21-20-11-7-8-12-23(20)29-24-14-18-10-6-5-9-17(18)13-22(24)25(21)30-19/h7-8,11-15H,5-6,9-10,16H2,1-4H3. The van der Waals surface area contributed by atoms with Crippen LogP contribution in [-0.4, -0.2) is 24.7 Å². The van der Waals surface area contributed by atoms with Crippen molar-refractivity contribution in [2.24, 2.45) is 0 Å². The molecule has 0 spiro atoms. The second-order valence-corrected chi connectivity index (χ2v) is 10.1. The van der Waals surface area contributed by atoms with Crippen LogP contribution in [0.3, 0.4) is 0 Å². The summed E-state index contributed by atoms with van der Waals surface area (Å²) in [5.41, 5.74) is 6.28. The van der Waals surface area contributed by atoms with Gasteiger partial charge in [0.25, 0.3) is 0 Å². The molecule has 1 aliphatic heterocycles. The molecular weight excluding hydrogens is 390 g/mol. The molecule has 5 rings (SSSR count). The number of ether oxygens (including phenoxy) is 2. The molecule has 0 N–H and O–H groups in total. The molecule has 0 bridgehead atoms. The fraction of sp³-hybridized carbons (Fsp3) is 0.385. The molecule has 1 aliphatic carbocycles. The highest BCUT2D eigenvalue weighted by atomic mass is 32.1. The zero-order chi connectivity index (χ0) is 20.9. The average Bonchev–Trinajstić information content (AvgIpc) is 3.11. The van der Waals surface area contributed by atoms with Gasteiger partial charge in [0.1, 0.15) is 17.2 Å². The Morgan fingerprint density at radius 3 is 2.43 bits per heavy atom. The van der Waals surface area contributed by atoms with Crippen LogP contribution in [0.15, 0.2) is 42.5 Å². The third kappa shape index (κ3) is 3.47. The largest absolute Gasteiger partial charge is 0.456 e. The summed E-state index contributed by atoms with van der Waals surface area (Å²) in [6, 6.07) is 15.4. The van der Waals surface area contributed by atoms with Crippen LogP contribution in [0.25, 0.3) is 21.6 Å². The topological polar surface area (TPSA) is 21.7 Å². The molecular formula is C26H29NO2S. The van der Waals surface area contributed by atoms with Gasteiger partial charge in [0, 0.05) is 26.4 Å². The van der Waals surface area contributed by atoms with Crippen molar-refractivity contribution in [2.45, 2.75) is 51.9 Å². The minimum atomic E-state index is -0.306. The molecule has 0 fully saturated rings. The van der Waals surface area contributed by atoms with Crippen LogP contribution in [0.1, 0.15) is 42.7 Å². The van der Waals surface area contributed by atoms with E-state index in [-0.39, 0.29) is 5.72 Å². The zero-order valence-electron chi connectivity index (χ0n) is 18.2. The third-order valence-corrected chi connectivity index (χ3v) is 7.66. The molecule has 2 aliphatic rings. The quantitative estimate of drug-likeness (QED) is 0.337. The van der Waals surface area contributed by atoms with Crippen molar-refractivity contribution in [2.75, 3.05) is 14.1 Å². The predicted molar refractivity (Wildman–Crippen MR) is 124 cm³/mol. The fourth-order valence-electron chi connectivity index (χ4n) is 4.21. The van der Waals surface area contributed by atoms with Gasteiger partial charge in [-0.05, 0) is 89.0 Å². The Kier molecular flexibility index (Phi) is 4.97. The molecule has 0 amide bonds. The maximum absolute atomic E-state index is 6.46. The Morgan fingerprint density at radius 1 is 0.933 bits per heavy atom. The first-order valence-corrected chi connectivity index (χ1v) is 11.6. The average molecular weight is 420 g/mol. The number of hydrogen-bond donors (Lipinski definition) is 0. The molecule has 0 saturated carbocycles. The Bertz CT molecular complexity index is 1100. The van der Waals surface area contributed by atoms with Gasteiger partial charge in [-0.2, -0.15) is 0 Å². The second-order valence-electron chi connectivity index (χ2n) is 9.01. The number of hydrogen-bond acceptors (Lipinski definition) is 4. The van der Waals surface area contributed by atoms with Gasteiger partial charge in [0.2, 0.25) is 0 Å². The van der Waals surface area contributed by atoms with Crippen LogP contribution in [-0.2, 0) is 24.2 Å². The molecule has 156 valence electrons. The monoisotopic (exact) mass is 419 g/mol. The maximum atomic E-state index is 6.46. The van der Waals surface area contributed by atoms with Crippen molar-refractivity contribution in [3.63, 3.8) is 0 Å². The van der Waals surface area contributed by atoms with Crippen LogP contribution < -0.4 is 4.74 Å². The van der Waals surface area contributed by atoms with Crippen molar-refractivity contribution in [1.29, 1.82) is 0 Å². The summed E-state index contributed by atoms with van der Waals surface area (Å²) >= 11 is 1.83. The Morgan fingerprint density at radius 2 is 1.67 bits per heavy atom. The molecule has 2 aromatic carbocycles. The number of aryl methyl sites for hydroxylation is 2. The Hall–Kier alpha value is -2.14. The highest BCUT2D eigenvalue weighted by molar-refractivity contribution is 7.16. The van der Waals surface area contributed by atoms with Crippen molar-refractivity contribution < 1.29 is 9.47 Å². The smallest absolute Gasteiger partial charge is 0.136 e. The molecule has 3 aromatic rings. The van der Waals surface area contributed by atoms with Crippen LogP contribution in [0.2, 0.25) is 0 Å². The molecule has 0 saturated heterocycles. The molecule has 2 heterocycles. The minimum Gasteiger partial charge on any atom is -0.456 e. The maximum Gasteiger partial charge on any atom is 0.136 e. The summed E-state index contributed by atoms with van der Waals surface area (Å²) in [4.78, 5) is 4.65. The van der Waals surface area contributed by atoms with Gasteiger partial charge in [0.05, 0.1) is 6.61 Å². The first-order valence-electron chi connectivity index (χ1n) is 10.8. The summed E-state index contributed by atoms with van der Waals surface area (Å²) in [5, 5.41) is 0. The van der Waals surface area contributed by atoms with Crippen molar-refractivity contribution >= 4 is 11.3 Å². The summed E-state index contributed by atoms with van der Waals surface area (Å²) in [6.07, 6.45) is 4.88. The molecule has 1 aromatic heterocycles. The molecule has 30 heavy (non-hydrogen) atoms. The van der Waals surface area contributed by atoms with E-state index in [4.69, 9.17) is 9.47 Å². The normalized spacial score (nSPS) is 15.0. The number of para-hydroxylation sites is 1. The van der Waals surface area contributed by atoms with Gasteiger partial charge in [-0.15, -0.1) is 11.3 Å². The van der Waals surface area contributed by atoms with E-state index in [9.17, 15) is 0 Å². The van der Waals surface area contributed by atoms with Crippen LogP contribution in [0.4, 0.5) is 0 Å². The van der Waals surface area contributed by atoms with Crippen LogP contribution in [0, 0.1) is 0 Å². The fourth-order valence-corrected chi connectivity index (χ4v) is 5.32. The third-order valence-electron chi connectivity index (χ3n) is 6.51. The van der Waals surface area contributed by atoms with Gasteiger partial charge < -0.3 is 9.47 Å². The molecule has 0 radical (unpaired) electrons. The first kappa shape index (κ1) is 19.8. The van der Waals surface area contributed by atoms with E-state index in [0.29, 0.717) is 6.61 Å². The lowest BCUT2D eigenvalue weighted by Gasteiger charge is -2.32. The molecule has 4 heteroatoms. The number of benzene rings is 2. The van der Waals surface area contributed by atoms with Gasteiger partial charge in [-0.1, -0.05) is 18.2 Å². The van der Waals surface area contributed by atoms with Gasteiger partial charge in [-0.3, -0.25) is 4.90 Å². The lowest BCUT2D eigenvalue weighted by Crippen LogP contribution is -2.40. The Labute approximate surface area is 183 Å². The van der Waals surface area contributed by atoms with Crippen molar-refractivity contribution in [3.8, 4) is 33.1 Å². The summed E-state index contributed by atoms with van der Waals surface area (Å²) in [6.45, 7) is 4.82.